The van der Waals surface area contributed by atoms with E-state index in [0.717, 1.165) is 0 Å². The van der Waals surface area contributed by atoms with Crippen LogP contribution < -0.4 is 5.32 Å². The summed E-state index contributed by atoms with van der Waals surface area (Å²) in [4.78, 5) is 7.78. The zero-order chi connectivity index (χ0) is 17.5. The molecule has 1 aromatic carbocycles. The number of ether oxygens (including phenoxy) is 1. The van der Waals surface area contributed by atoms with Crippen molar-refractivity contribution >= 4 is 45.8 Å². The quantitative estimate of drug-likeness (QED) is 0.308. The van der Waals surface area contributed by atoms with Crippen LogP contribution in [0.2, 0.25) is 10.3 Å². The van der Waals surface area contributed by atoms with E-state index in [1.54, 1.807) is 30.3 Å². The molecule has 0 bridgehead atoms. The van der Waals surface area contributed by atoms with Gasteiger partial charge in [-0.3, -0.25) is 0 Å². The Hall–Kier alpha value is -1.51. The maximum Gasteiger partial charge on any atom is 0.224 e. The molecule has 2 aromatic rings. The molecule has 9 heteroatoms. The molecule has 24 heavy (non-hydrogen) atoms. The fourth-order valence-corrected chi connectivity index (χ4v) is 2.78. The fraction of sp³-hybridized carbons (Fsp3) is 0.200. The van der Waals surface area contributed by atoms with Gasteiger partial charge < -0.3 is 14.6 Å². The maximum atomic E-state index is 11.6. The molecule has 1 heterocycles. The second kappa shape index (κ2) is 9.10. The van der Waals surface area contributed by atoms with Gasteiger partial charge in [-0.2, -0.15) is 4.98 Å². The van der Waals surface area contributed by atoms with E-state index in [-0.39, 0.29) is 11.9 Å². The number of nitrogens with zero attached hydrogens (tertiary/aromatic N) is 2. The Balaban J connectivity index is 2.21. The van der Waals surface area contributed by atoms with Crippen LogP contribution in [0.4, 0.5) is 11.5 Å². The van der Waals surface area contributed by atoms with Gasteiger partial charge in [-0.25, -0.2) is 9.19 Å². The molecule has 0 fully saturated rings. The Morgan fingerprint density at radius 3 is 2.96 bits per heavy atom. The lowest BCUT2D eigenvalue weighted by Crippen LogP contribution is -2.13. The summed E-state index contributed by atoms with van der Waals surface area (Å²) in [7, 11) is 0. The summed E-state index contributed by atoms with van der Waals surface area (Å²) in [6.07, 6.45) is 2.97. The van der Waals surface area contributed by atoms with Gasteiger partial charge in [-0.05, 0) is 29.3 Å². The highest BCUT2D eigenvalue weighted by Crippen LogP contribution is 2.27. The number of nitrogens with one attached hydrogen (secondary N) is 1. The number of rotatable bonds is 8. The zero-order valence-corrected chi connectivity index (χ0v) is 14.8. The third kappa shape index (κ3) is 5.25. The first-order valence-corrected chi connectivity index (χ1v) is 8.77. The Bertz CT molecular complexity index is 746. The molecule has 2 atom stereocenters. The second-order valence-electron chi connectivity index (χ2n) is 4.68. The van der Waals surface area contributed by atoms with E-state index in [1.807, 2.05) is 0 Å². The van der Waals surface area contributed by atoms with Crippen molar-refractivity contribution in [3.05, 3.63) is 59.0 Å². The molecular formula is C15H15Cl2N3O3S. The van der Waals surface area contributed by atoms with Gasteiger partial charge in [-0.1, -0.05) is 29.8 Å². The molecule has 0 aliphatic heterocycles. The molecule has 128 valence electrons. The molecule has 0 aliphatic rings. The Morgan fingerprint density at radius 2 is 2.25 bits per heavy atom. The van der Waals surface area contributed by atoms with Crippen molar-refractivity contribution in [2.75, 3.05) is 18.5 Å². The van der Waals surface area contributed by atoms with Crippen LogP contribution in [0.3, 0.4) is 0 Å². The molecule has 0 radical (unpaired) electrons. The summed E-state index contributed by atoms with van der Waals surface area (Å²) in [5, 5.41) is 2.69. The number of hydrogen-bond acceptors (Lipinski definition) is 5. The second-order valence-corrected chi connectivity index (χ2v) is 6.54. The summed E-state index contributed by atoms with van der Waals surface area (Å²) < 4.78 is 26.4. The molecule has 0 spiro atoms. The summed E-state index contributed by atoms with van der Waals surface area (Å²) in [6.45, 7) is 3.94. The van der Waals surface area contributed by atoms with Gasteiger partial charge in [0.1, 0.15) is 10.3 Å². The topological polar surface area (TPSA) is 84.3 Å². The van der Waals surface area contributed by atoms with Crippen LogP contribution in [0.25, 0.3) is 0 Å². The summed E-state index contributed by atoms with van der Waals surface area (Å²) in [6, 6.07) is 7.00. The Labute approximate surface area is 152 Å². The van der Waals surface area contributed by atoms with E-state index in [0.29, 0.717) is 28.7 Å². The monoisotopic (exact) mass is 387 g/mol. The normalized spacial score (nSPS) is 13.3. The van der Waals surface area contributed by atoms with E-state index in [1.165, 1.54) is 6.20 Å². The van der Waals surface area contributed by atoms with Crippen LogP contribution in [-0.4, -0.2) is 31.9 Å². The Morgan fingerprint density at radius 1 is 1.46 bits per heavy atom. The Kier molecular flexibility index (Phi) is 7.14. The smallest absolute Gasteiger partial charge is 0.224 e. The summed E-state index contributed by atoms with van der Waals surface area (Å²) >= 11 is 9.70. The first-order valence-electron chi connectivity index (χ1n) is 6.84. The molecule has 0 amide bonds. The largest absolute Gasteiger partial charge is 0.376 e. The first kappa shape index (κ1) is 18.8. The van der Waals surface area contributed by atoms with Crippen LogP contribution >= 0.6 is 23.2 Å². The average molecular weight is 388 g/mol. The van der Waals surface area contributed by atoms with Crippen molar-refractivity contribution in [2.45, 2.75) is 5.25 Å². The molecule has 0 saturated heterocycles. The summed E-state index contributed by atoms with van der Waals surface area (Å²) in [5.74, 6) is 0.346. The van der Waals surface area contributed by atoms with Crippen LogP contribution in [0.5, 0.6) is 0 Å². The SMILES string of the molecule is C=CCOCC(c1cccc(Nc2nc(Cl)ncc2Cl)c1)S(=O)O. The van der Waals surface area contributed by atoms with Gasteiger partial charge in [0.25, 0.3) is 0 Å². The van der Waals surface area contributed by atoms with Crippen molar-refractivity contribution in [1.29, 1.82) is 0 Å². The van der Waals surface area contributed by atoms with E-state index < -0.39 is 16.3 Å². The standard InChI is InChI=1S/C15H15Cl2N3O3S/c1-2-6-23-9-13(24(21)22)10-4-3-5-11(7-10)19-14-12(16)8-18-15(17)20-14/h2-5,7-8,13H,1,6,9H2,(H,21,22)(H,18,19,20). The molecular weight excluding hydrogens is 373 g/mol. The molecule has 1 aromatic heterocycles. The average Bonchev–Trinajstić information content (AvgIpc) is 2.55. The van der Waals surface area contributed by atoms with Crippen molar-refractivity contribution < 1.29 is 13.5 Å². The lowest BCUT2D eigenvalue weighted by Gasteiger charge is -2.15. The number of benzene rings is 1. The minimum Gasteiger partial charge on any atom is -0.376 e. The lowest BCUT2D eigenvalue weighted by molar-refractivity contribution is 0.161. The third-order valence-corrected chi connectivity index (χ3v) is 4.34. The summed E-state index contributed by atoms with van der Waals surface area (Å²) in [5.41, 5.74) is 1.28. The maximum absolute atomic E-state index is 11.6. The van der Waals surface area contributed by atoms with Crippen LogP contribution in [0, 0.1) is 0 Å². The van der Waals surface area contributed by atoms with Gasteiger partial charge in [0.05, 0.1) is 19.4 Å². The number of halogens is 2. The molecule has 2 unspecified atom stereocenters. The number of anilines is 2. The molecule has 6 nitrogen and oxygen atoms in total. The molecule has 0 saturated carbocycles. The van der Waals surface area contributed by atoms with Crippen LogP contribution in [0.1, 0.15) is 10.8 Å². The molecule has 2 N–H and O–H groups in total. The van der Waals surface area contributed by atoms with Crippen LogP contribution in [-0.2, 0) is 15.8 Å². The predicted molar refractivity (Wildman–Crippen MR) is 96.3 cm³/mol. The predicted octanol–water partition coefficient (Wildman–Crippen LogP) is 3.99. The van der Waals surface area contributed by atoms with Crippen molar-refractivity contribution in [2.24, 2.45) is 0 Å². The highest BCUT2D eigenvalue weighted by molar-refractivity contribution is 7.79. The molecule has 0 aliphatic carbocycles. The minimum atomic E-state index is -2.08. The van der Waals surface area contributed by atoms with Crippen molar-refractivity contribution in [3.8, 4) is 0 Å². The highest BCUT2D eigenvalue weighted by Gasteiger charge is 2.18. The van der Waals surface area contributed by atoms with E-state index >= 15 is 0 Å². The number of hydrogen-bond donors (Lipinski definition) is 2. The first-order chi connectivity index (χ1) is 11.5. The lowest BCUT2D eigenvalue weighted by atomic mass is 10.1. The third-order valence-electron chi connectivity index (χ3n) is 2.98. The van der Waals surface area contributed by atoms with E-state index in [4.69, 9.17) is 27.9 Å². The van der Waals surface area contributed by atoms with Gasteiger partial charge in [0.15, 0.2) is 16.9 Å². The van der Waals surface area contributed by atoms with Crippen LogP contribution in [0.15, 0.2) is 43.1 Å². The zero-order valence-electron chi connectivity index (χ0n) is 12.5. The van der Waals surface area contributed by atoms with Crippen molar-refractivity contribution in [3.63, 3.8) is 0 Å². The number of aromatic nitrogens is 2. The van der Waals surface area contributed by atoms with Gasteiger partial charge >= 0.3 is 0 Å². The van der Waals surface area contributed by atoms with E-state index in [9.17, 15) is 8.76 Å². The minimum absolute atomic E-state index is 0.0604. The highest BCUT2D eigenvalue weighted by atomic mass is 35.5. The fourth-order valence-electron chi connectivity index (χ4n) is 1.92. The van der Waals surface area contributed by atoms with Gasteiger partial charge in [0.2, 0.25) is 5.28 Å². The van der Waals surface area contributed by atoms with E-state index in [2.05, 4.69) is 21.9 Å². The molecule has 2 rings (SSSR count). The van der Waals surface area contributed by atoms with Crippen molar-refractivity contribution in [1.82, 2.24) is 9.97 Å². The van der Waals surface area contributed by atoms with Gasteiger partial charge in [0, 0.05) is 5.69 Å². The van der Waals surface area contributed by atoms with Gasteiger partial charge in [-0.15, -0.1) is 6.58 Å².